The van der Waals surface area contributed by atoms with Gasteiger partial charge in [-0.05, 0) is 13.8 Å². The van der Waals surface area contributed by atoms with E-state index in [9.17, 15) is 0 Å². The summed E-state index contributed by atoms with van der Waals surface area (Å²) in [5, 5.41) is 0. The fraction of sp³-hybridized carbons (Fsp3) is 0.923. The largest absolute Gasteiger partial charge is 0.392 e. The van der Waals surface area contributed by atoms with Crippen LogP contribution in [0.15, 0.2) is 0 Å². The van der Waals surface area contributed by atoms with Crippen molar-refractivity contribution in [1.82, 2.24) is 9.80 Å². The molecule has 0 radical (unpaired) electrons. The number of thiocarbonyl (C=S) groups is 1. The van der Waals surface area contributed by atoms with Gasteiger partial charge >= 0.3 is 0 Å². The lowest BCUT2D eigenvalue weighted by atomic mass is 10.0. The van der Waals surface area contributed by atoms with Crippen molar-refractivity contribution < 1.29 is 9.47 Å². The minimum atomic E-state index is -0.184. The van der Waals surface area contributed by atoms with Crippen molar-refractivity contribution in [2.75, 3.05) is 59.7 Å². The maximum absolute atomic E-state index is 5.81. The molecule has 1 fully saturated rings. The normalized spacial score (nSPS) is 18.7. The summed E-state index contributed by atoms with van der Waals surface area (Å²) in [7, 11) is 1.69. The van der Waals surface area contributed by atoms with Crippen molar-refractivity contribution >= 4 is 17.2 Å². The molecule has 0 aromatic carbocycles. The Morgan fingerprint density at radius 1 is 1.16 bits per heavy atom. The molecule has 6 heteroatoms. The summed E-state index contributed by atoms with van der Waals surface area (Å²) in [6, 6.07) is 0. The first-order valence-corrected chi connectivity index (χ1v) is 7.23. The van der Waals surface area contributed by atoms with Crippen LogP contribution in [0.25, 0.3) is 0 Å². The summed E-state index contributed by atoms with van der Waals surface area (Å²) in [5.74, 6) is 0. The molecule has 0 amide bonds. The van der Waals surface area contributed by atoms with Gasteiger partial charge in [0.15, 0.2) is 0 Å². The summed E-state index contributed by atoms with van der Waals surface area (Å²) >= 11 is 5.14. The van der Waals surface area contributed by atoms with Crippen molar-refractivity contribution in [2.24, 2.45) is 5.73 Å². The SMILES string of the molecule is COCCOCCN1CCN(C(C)(C)C(N)=S)CC1. The van der Waals surface area contributed by atoms with Gasteiger partial charge in [-0.3, -0.25) is 9.80 Å². The van der Waals surface area contributed by atoms with Gasteiger partial charge in [0.2, 0.25) is 0 Å². The van der Waals surface area contributed by atoms with Crippen LogP contribution in [-0.4, -0.2) is 80.0 Å². The molecule has 1 aliphatic heterocycles. The van der Waals surface area contributed by atoms with Crippen LogP contribution in [-0.2, 0) is 9.47 Å². The molecule has 0 aromatic rings. The lowest BCUT2D eigenvalue weighted by molar-refractivity contribution is 0.0372. The van der Waals surface area contributed by atoms with Gasteiger partial charge in [0.05, 0.1) is 30.3 Å². The van der Waals surface area contributed by atoms with E-state index in [0.29, 0.717) is 18.2 Å². The number of methoxy groups -OCH3 is 1. The minimum absolute atomic E-state index is 0.184. The maximum atomic E-state index is 5.81. The Labute approximate surface area is 122 Å². The van der Waals surface area contributed by atoms with Crippen molar-refractivity contribution in [1.29, 1.82) is 0 Å². The van der Waals surface area contributed by atoms with E-state index in [-0.39, 0.29) is 5.54 Å². The predicted molar refractivity (Wildman–Crippen MR) is 81.6 cm³/mol. The third kappa shape index (κ3) is 5.31. The first kappa shape index (κ1) is 16.8. The molecule has 0 bridgehead atoms. The van der Waals surface area contributed by atoms with Crippen LogP contribution in [0, 0.1) is 0 Å². The van der Waals surface area contributed by atoms with Crippen LogP contribution < -0.4 is 5.73 Å². The summed E-state index contributed by atoms with van der Waals surface area (Å²) in [6.45, 7) is 11.4. The van der Waals surface area contributed by atoms with Crippen molar-refractivity contribution in [3.63, 3.8) is 0 Å². The number of nitrogens with two attached hydrogens (primary N) is 1. The van der Waals surface area contributed by atoms with E-state index in [1.54, 1.807) is 7.11 Å². The quantitative estimate of drug-likeness (QED) is 0.513. The number of hydrogen-bond donors (Lipinski definition) is 1. The highest BCUT2D eigenvalue weighted by Gasteiger charge is 2.31. The van der Waals surface area contributed by atoms with Gasteiger partial charge < -0.3 is 15.2 Å². The van der Waals surface area contributed by atoms with Crippen LogP contribution in [0.3, 0.4) is 0 Å². The number of hydrogen-bond acceptors (Lipinski definition) is 5. The van der Waals surface area contributed by atoms with Gasteiger partial charge in [-0.15, -0.1) is 0 Å². The molecule has 0 atom stereocenters. The van der Waals surface area contributed by atoms with Crippen LogP contribution in [0.5, 0.6) is 0 Å². The Bertz CT molecular complexity index is 279. The van der Waals surface area contributed by atoms with Crippen molar-refractivity contribution in [2.45, 2.75) is 19.4 Å². The average Bonchev–Trinajstić information content (AvgIpc) is 2.39. The molecule has 112 valence electrons. The highest BCUT2D eigenvalue weighted by atomic mass is 32.1. The molecule has 0 aromatic heterocycles. The Balaban J connectivity index is 2.20. The standard InChI is InChI=1S/C13H27N3O2S/c1-13(2,12(14)19)16-6-4-15(5-7-16)8-9-18-11-10-17-3/h4-11H2,1-3H3,(H2,14,19). The summed E-state index contributed by atoms with van der Waals surface area (Å²) < 4.78 is 10.4. The molecular weight excluding hydrogens is 262 g/mol. The Hall–Kier alpha value is -0.270. The summed E-state index contributed by atoms with van der Waals surface area (Å²) in [4.78, 5) is 5.35. The zero-order valence-electron chi connectivity index (χ0n) is 12.4. The molecule has 0 saturated carbocycles. The third-order valence-corrected chi connectivity index (χ3v) is 4.25. The maximum Gasteiger partial charge on any atom is 0.0928 e. The van der Waals surface area contributed by atoms with E-state index in [2.05, 4.69) is 23.6 Å². The van der Waals surface area contributed by atoms with Gasteiger partial charge in [-0.2, -0.15) is 0 Å². The molecule has 1 saturated heterocycles. The molecule has 0 spiro atoms. The zero-order chi connectivity index (χ0) is 14.3. The zero-order valence-corrected chi connectivity index (χ0v) is 13.2. The fourth-order valence-corrected chi connectivity index (χ4v) is 2.25. The molecule has 0 unspecified atom stereocenters. The lowest BCUT2D eigenvalue weighted by Crippen LogP contribution is -2.59. The second-order valence-corrected chi connectivity index (χ2v) is 5.80. The third-order valence-electron chi connectivity index (χ3n) is 3.75. The number of piperazine rings is 1. The van der Waals surface area contributed by atoms with Gasteiger partial charge in [0, 0.05) is 39.8 Å². The molecule has 1 heterocycles. The van der Waals surface area contributed by atoms with Crippen LogP contribution in [0.1, 0.15) is 13.8 Å². The molecule has 19 heavy (non-hydrogen) atoms. The van der Waals surface area contributed by atoms with Crippen LogP contribution >= 0.6 is 12.2 Å². The van der Waals surface area contributed by atoms with Gasteiger partial charge in [-0.25, -0.2) is 0 Å². The average molecular weight is 289 g/mol. The second kappa shape index (κ2) is 8.11. The fourth-order valence-electron chi connectivity index (χ4n) is 2.12. The highest BCUT2D eigenvalue weighted by Crippen LogP contribution is 2.17. The van der Waals surface area contributed by atoms with E-state index in [4.69, 9.17) is 27.4 Å². The lowest BCUT2D eigenvalue weighted by Gasteiger charge is -2.43. The van der Waals surface area contributed by atoms with Crippen LogP contribution in [0.2, 0.25) is 0 Å². The van der Waals surface area contributed by atoms with E-state index >= 15 is 0 Å². The Morgan fingerprint density at radius 3 is 2.32 bits per heavy atom. The van der Waals surface area contributed by atoms with Gasteiger partial charge in [-0.1, -0.05) is 12.2 Å². The summed E-state index contributed by atoms with van der Waals surface area (Å²) in [5.41, 5.74) is 5.62. The summed E-state index contributed by atoms with van der Waals surface area (Å²) in [6.07, 6.45) is 0. The highest BCUT2D eigenvalue weighted by molar-refractivity contribution is 7.80. The van der Waals surface area contributed by atoms with Gasteiger partial charge in [0.1, 0.15) is 0 Å². The number of ether oxygens (including phenoxy) is 2. The molecular formula is C13H27N3O2S. The van der Waals surface area contributed by atoms with Crippen LogP contribution in [0.4, 0.5) is 0 Å². The molecule has 5 nitrogen and oxygen atoms in total. The minimum Gasteiger partial charge on any atom is -0.392 e. The second-order valence-electron chi connectivity index (χ2n) is 5.36. The number of rotatable bonds is 8. The van der Waals surface area contributed by atoms with Crippen molar-refractivity contribution in [3.8, 4) is 0 Å². The van der Waals surface area contributed by atoms with Gasteiger partial charge in [0.25, 0.3) is 0 Å². The molecule has 0 aliphatic carbocycles. The monoisotopic (exact) mass is 289 g/mol. The van der Waals surface area contributed by atoms with E-state index in [1.165, 1.54) is 0 Å². The van der Waals surface area contributed by atoms with E-state index in [0.717, 1.165) is 39.3 Å². The predicted octanol–water partition coefficient (Wildman–Crippen LogP) is 0.332. The van der Waals surface area contributed by atoms with Crippen molar-refractivity contribution in [3.05, 3.63) is 0 Å². The Morgan fingerprint density at radius 2 is 1.79 bits per heavy atom. The Kier molecular flexibility index (Phi) is 7.17. The molecule has 1 rings (SSSR count). The molecule has 2 N–H and O–H groups in total. The van der Waals surface area contributed by atoms with E-state index < -0.39 is 0 Å². The number of nitrogens with zero attached hydrogens (tertiary/aromatic N) is 2. The first-order chi connectivity index (χ1) is 8.98. The smallest absolute Gasteiger partial charge is 0.0928 e. The molecule has 1 aliphatic rings. The first-order valence-electron chi connectivity index (χ1n) is 6.82. The van der Waals surface area contributed by atoms with E-state index in [1.807, 2.05) is 0 Å². The topological polar surface area (TPSA) is 51.0 Å².